The number of rotatable bonds is 7. The Bertz CT molecular complexity index is 272. The molecule has 0 aromatic rings. The molecule has 112 valence electrons. The SMILES string of the molecule is CCCC(CN)(CCC)C(=O)NC1CCCCC1C. The predicted molar refractivity (Wildman–Crippen MR) is 80.9 cm³/mol. The van der Waals surface area contributed by atoms with Crippen LogP contribution in [-0.4, -0.2) is 18.5 Å². The number of hydrogen-bond donors (Lipinski definition) is 2. The maximum Gasteiger partial charge on any atom is 0.227 e. The van der Waals surface area contributed by atoms with Gasteiger partial charge in [-0.25, -0.2) is 0 Å². The lowest BCUT2D eigenvalue weighted by Gasteiger charge is -2.36. The van der Waals surface area contributed by atoms with E-state index in [-0.39, 0.29) is 11.3 Å². The van der Waals surface area contributed by atoms with Crippen LogP contribution < -0.4 is 11.1 Å². The van der Waals surface area contributed by atoms with Gasteiger partial charge < -0.3 is 11.1 Å². The Morgan fingerprint density at radius 3 is 2.26 bits per heavy atom. The fourth-order valence-corrected chi connectivity index (χ4v) is 3.46. The minimum absolute atomic E-state index is 0.206. The highest BCUT2D eigenvalue weighted by Gasteiger charge is 2.37. The maximum absolute atomic E-state index is 12.7. The van der Waals surface area contributed by atoms with Gasteiger partial charge in [0.15, 0.2) is 0 Å². The monoisotopic (exact) mass is 268 g/mol. The minimum atomic E-state index is -0.333. The summed E-state index contributed by atoms with van der Waals surface area (Å²) in [6, 6.07) is 0.362. The van der Waals surface area contributed by atoms with E-state index < -0.39 is 0 Å². The second-order valence-electron chi connectivity index (χ2n) is 6.33. The lowest BCUT2D eigenvalue weighted by atomic mass is 9.77. The van der Waals surface area contributed by atoms with Gasteiger partial charge in [-0.05, 0) is 31.6 Å². The van der Waals surface area contributed by atoms with Crippen LogP contribution in [-0.2, 0) is 4.79 Å². The van der Waals surface area contributed by atoms with Crippen LogP contribution in [0, 0.1) is 11.3 Å². The summed E-state index contributed by atoms with van der Waals surface area (Å²) in [4.78, 5) is 12.7. The molecule has 3 heteroatoms. The molecule has 0 aliphatic heterocycles. The van der Waals surface area contributed by atoms with Crippen molar-refractivity contribution in [1.82, 2.24) is 5.32 Å². The van der Waals surface area contributed by atoms with E-state index in [1.54, 1.807) is 0 Å². The molecular weight excluding hydrogens is 236 g/mol. The summed E-state index contributed by atoms with van der Waals surface area (Å²) in [6.07, 6.45) is 8.77. The van der Waals surface area contributed by atoms with E-state index in [9.17, 15) is 4.79 Å². The molecule has 19 heavy (non-hydrogen) atoms. The quantitative estimate of drug-likeness (QED) is 0.745. The van der Waals surface area contributed by atoms with Crippen LogP contribution >= 0.6 is 0 Å². The van der Waals surface area contributed by atoms with E-state index in [4.69, 9.17) is 5.73 Å². The molecule has 1 amide bonds. The molecule has 0 bridgehead atoms. The average Bonchev–Trinajstić information content (AvgIpc) is 2.41. The first-order valence-corrected chi connectivity index (χ1v) is 8.10. The van der Waals surface area contributed by atoms with Crippen molar-refractivity contribution in [1.29, 1.82) is 0 Å². The topological polar surface area (TPSA) is 55.1 Å². The second kappa shape index (κ2) is 7.88. The molecule has 0 saturated heterocycles. The second-order valence-corrected chi connectivity index (χ2v) is 6.33. The molecule has 1 rings (SSSR count). The van der Waals surface area contributed by atoms with Crippen molar-refractivity contribution in [3.8, 4) is 0 Å². The van der Waals surface area contributed by atoms with Gasteiger partial charge in [0.25, 0.3) is 0 Å². The number of nitrogens with two attached hydrogens (primary N) is 1. The van der Waals surface area contributed by atoms with Crippen molar-refractivity contribution >= 4 is 5.91 Å². The molecule has 2 unspecified atom stereocenters. The normalized spacial score (nSPS) is 24.2. The van der Waals surface area contributed by atoms with Crippen LogP contribution in [0.15, 0.2) is 0 Å². The van der Waals surface area contributed by atoms with E-state index in [2.05, 4.69) is 26.1 Å². The molecule has 0 aromatic carbocycles. The first-order chi connectivity index (χ1) is 9.09. The third-order valence-electron chi connectivity index (χ3n) is 4.76. The number of carbonyl (C=O) groups is 1. The molecule has 1 saturated carbocycles. The average molecular weight is 268 g/mol. The molecule has 1 aliphatic carbocycles. The van der Waals surface area contributed by atoms with Crippen LogP contribution in [0.3, 0.4) is 0 Å². The van der Waals surface area contributed by atoms with Gasteiger partial charge in [-0.2, -0.15) is 0 Å². The summed E-state index contributed by atoms with van der Waals surface area (Å²) >= 11 is 0. The van der Waals surface area contributed by atoms with Crippen LogP contribution in [0.5, 0.6) is 0 Å². The van der Waals surface area contributed by atoms with Crippen molar-refractivity contribution in [3.63, 3.8) is 0 Å². The minimum Gasteiger partial charge on any atom is -0.353 e. The molecule has 3 N–H and O–H groups in total. The van der Waals surface area contributed by atoms with Gasteiger partial charge in [0.2, 0.25) is 5.91 Å². The van der Waals surface area contributed by atoms with Crippen LogP contribution in [0.4, 0.5) is 0 Å². The summed E-state index contributed by atoms with van der Waals surface area (Å²) in [7, 11) is 0. The molecule has 1 aliphatic rings. The maximum atomic E-state index is 12.7. The predicted octanol–water partition coefficient (Wildman–Crippen LogP) is 3.23. The molecule has 3 nitrogen and oxygen atoms in total. The summed E-state index contributed by atoms with van der Waals surface area (Å²) in [6.45, 7) is 7.00. The van der Waals surface area contributed by atoms with Crippen molar-refractivity contribution < 1.29 is 4.79 Å². The molecule has 0 heterocycles. The first kappa shape index (κ1) is 16.5. The highest BCUT2D eigenvalue weighted by atomic mass is 16.2. The van der Waals surface area contributed by atoms with Crippen molar-refractivity contribution in [3.05, 3.63) is 0 Å². The third-order valence-corrected chi connectivity index (χ3v) is 4.76. The Kier molecular flexibility index (Phi) is 6.84. The molecule has 2 atom stereocenters. The molecule has 0 aromatic heterocycles. The molecule has 0 radical (unpaired) electrons. The Morgan fingerprint density at radius 1 is 1.21 bits per heavy atom. The number of carbonyl (C=O) groups excluding carboxylic acids is 1. The third kappa shape index (κ3) is 4.20. The standard InChI is InChI=1S/C16H32N2O/c1-4-10-16(12-17,11-5-2)15(19)18-14-9-7-6-8-13(14)3/h13-14H,4-12,17H2,1-3H3,(H,18,19). The zero-order valence-electron chi connectivity index (χ0n) is 13.0. The molecule has 0 spiro atoms. The summed E-state index contributed by atoms with van der Waals surface area (Å²) < 4.78 is 0. The van der Waals surface area contributed by atoms with Gasteiger partial charge in [-0.15, -0.1) is 0 Å². The zero-order chi connectivity index (χ0) is 14.3. The number of nitrogens with one attached hydrogen (secondary N) is 1. The van der Waals surface area contributed by atoms with Gasteiger partial charge in [-0.1, -0.05) is 46.5 Å². The van der Waals surface area contributed by atoms with Crippen molar-refractivity contribution in [2.45, 2.75) is 78.2 Å². The van der Waals surface area contributed by atoms with Gasteiger partial charge in [-0.3, -0.25) is 4.79 Å². The van der Waals surface area contributed by atoms with Crippen molar-refractivity contribution in [2.75, 3.05) is 6.54 Å². The van der Waals surface area contributed by atoms with Crippen molar-refractivity contribution in [2.24, 2.45) is 17.1 Å². The summed E-state index contributed by atoms with van der Waals surface area (Å²) in [5.74, 6) is 0.814. The van der Waals surface area contributed by atoms with Gasteiger partial charge in [0.05, 0.1) is 5.41 Å². The largest absolute Gasteiger partial charge is 0.353 e. The lowest BCUT2D eigenvalue weighted by molar-refractivity contribution is -0.133. The fraction of sp³-hybridized carbons (Fsp3) is 0.938. The zero-order valence-corrected chi connectivity index (χ0v) is 13.0. The summed E-state index contributed by atoms with van der Waals surface area (Å²) in [5.41, 5.74) is 5.63. The van der Waals surface area contributed by atoms with E-state index in [0.29, 0.717) is 18.5 Å². The van der Waals surface area contributed by atoms with E-state index in [1.165, 1.54) is 19.3 Å². The van der Waals surface area contributed by atoms with Crippen LogP contribution in [0.2, 0.25) is 0 Å². The van der Waals surface area contributed by atoms with E-state index in [0.717, 1.165) is 32.1 Å². The first-order valence-electron chi connectivity index (χ1n) is 8.10. The molecular formula is C16H32N2O. The van der Waals surface area contributed by atoms with E-state index in [1.807, 2.05) is 0 Å². The summed E-state index contributed by atoms with van der Waals surface area (Å²) in [5, 5.41) is 3.31. The Morgan fingerprint density at radius 2 is 1.79 bits per heavy atom. The smallest absolute Gasteiger partial charge is 0.227 e. The van der Waals surface area contributed by atoms with Gasteiger partial charge >= 0.3 is 0 Å². The lowest BCUT2D eigenvalue weighted by Crippen LogP contribution is -2.51. The highest BCUT2D eigenvalue weighted by Crippen LogP contribution is 2.31. The highest BCUT2D eigenvalue weighted by molar-refractivity contribution is 5.83. The fourth-order valence-electron chi connectivity index (χ4n) is 3.46. The van der Waals surface area contributed by atoms with Crippen LogP contribution in [0.1, 0.15) is 72.1 Å². The number of amides is 1. The molecule has 1 fully saturated rings. The number of hydrogen-bond acceptors (Lipinski definition) is 2. The Hall–Kier alpha value is -0.570. The Balaban J connectivity index is 2.69. The van der Waals surface area contributed by atoms with Gasteiger partial charge in [0, 0.05) is 12.6 Å². The van der Waals surface area contributed by atoms with E-state index >= 15 is 0 Å². The van der Waals surface area contributed by atoms with Crippen LogP contribution in [0.25, 0.3) is 0 Å². The van der Waals surface area contributed by atoms with Gasteiger partial charge in [0.1, 0.15) is 0 Å². The Labute approximate surface area is 118 Å².